The molecule has 0 radical (unpaired) electrons. The van der Waals surface area contributed by atoms with Crippen molar-refractivity contribution in [3.8, 4) is 0 Å². The number of carbonyl (C=O) groups excluding carboxylic acids is 1. The van der Waals surface area contributed by atoms with E-state index in [-0.39, 0.29) is 5.91 Å². The van der Waals surface area contributed by atoms with E-state index in [2.05, 4.69) is 27.5 Å². The summed E-state index contributed by atoms with van der Waals surface area (Å²) >= 11 is 6.13. The summed E-state index contributed by atoms with van der Waals surface area (Å²) in [4.78, 5) is 12.2. The molecule has 0 saturated heterocycles. The predicted octanol–water partition coefficient (Wildman–Crippen LogP) is 2.95. The van der Waals surface area contributed by atoms with Crippen molar-refractivity contribution >= 4 is 23.2 Å². The highest BCUT2D eigenvalue weighted by Gasteiger charge is 2.12. The van der Waals surface area contributed by atoms with Gasteiger partial charge in [-0.05, 0) is 27.7 Å². The summed E-state index contributed by atoms with van der Waals surface area (Å²) in [6.07, 6.45) is 5.64. The highest BCUT2D eigenvalue weighted by atomic mass is 35.5. The van der Waals surface area contributed by atoms with E-state index in [1.54, 1.807) is 15.6 Å². The van der Waals surface area contributed by atoms with Crippen LogP contribution in [0.2, 0.25) is 5.02 Å². The number of hydrogen-bond acceptors (Lipinski definition) is 4. The zero-order valence-corrected chi connectivity index (χ0v) is 16.8. The molecule has 8 nitrogen and oxygen atoms in total. The second-order valence-corrected chi connectivity index (χ2v) is 6.88. The van der Waals surface area contributed by atoms with E-state index in [0.717, 1.165) is 29.2 Å². The summed E-state index contributed by atoms with van der Waals surface area (Å²) in [5, 5.41) is 16.5. The molecule has 0 atom stereocenters. The number of nitrogens with zero attached hydrogens (tertiary/aromatic N) is 6. The van der Waals surface area contributed by atoms with E-state index in [1.165, 1.54) is 0 Å². The molecule has 0 unspecified atom stereocenters. The molecule has 0 aliphatic rings. The first-order valence-electron chi connectivity index (χ1n) is 8.92. The van der Waals surface area contributed by atoms with E-state index in [4.69, 9.17) is 11.6 Å². The SMILES string of the molecule is CCn1ncc(Cn2cc(NC(=O)CCn3nc(C)c(Cl)c3C)cn2)c1C. The van der Waals surface area contributed by atoms with Gasteiger partial charge in [0.05, 0.1) is 47.6 Å². The number of amides is 1. The molecule has 0 spiro atoms. The summed E-state index contributed by atoms with van der Waals surface area (Å²) < 4.78 is 5.50. The number of aryl methyl sites for hydroxylation is 3. The molecule has 3 aromatic rings. The summed E-state index contributed by atoms with van der Waals surface area (Å²) in [5.41, 5.74) is 4.56. The molecular formula is C18H24ClN7O. The molecule has 27 heavy (non-hydrogen) atoms. The molecule has 0 aliphatic heterocycles. The smallest absolute Gasteiger partial charge is 0.226 e. The number of halogens is 1. The Bertz CT molecular complexity index is 953. The summed E-state index contributed by atoms with van der Waals surface area (Å²) in [7, 11) is 0. The fourth-order valence-corrected chi connectivity index (χ4v) is 3.11. The standard InChI is InChI=1S/C18H24ClN7O/c1-5-25-13(3)15(8-21-25)10-24-11-16(9-20-24)22-17(27)6-7-26-14(4)18(19)12(2)23-26/h8-9,11H,5-7,10H2,1-4H3,(H,22,27). The zero-order chi connectivity index (χ0) is 19.6. The first kappa shape index (κ1) is 19.2. The minimum absolute atomic E-state index is 0.0896. The van der Waals surface area contributed by atoms with Gasteiger partial charge in [0.2, 0.25) is 5.91 Å². The highest BCUT2D eigenvalue weighted by molar-refractivity contribution is 6.31. The minimum atomic E-state index is -0.0896. The Morgan fingerprint density at radius 3 is 2.56 bits per heavy atom. The Balaban J connectivity index is 1.56. The maximum atomic E-state index is 12.2. The number of nitrogens with one attached hydrogen (secondary N) is 1. The van der Waals surface area contributed by atoms with Crippen molar-refractivity contribution in [1.82, 2.24) is 29.3 Å². The zero-order valence-electron chi connectivity index (χ0n) is 16.0. The molecule has 144 valence electrons. The van der Waals surface area contributed by atoms with Crippen LogP contribution < -0.4 is 5.32 Å². The fraction of sp³-hybridized carbons (Fsp3) is 0.444. The van der Waals surface area contributed by atoms with Crippen molar-refractivity contribution in [3.05, 3.63) is 46.3 Å². The van der Waals surface area contributed by atoms with Gasteiger partial charge in [-0.3, -0.25) is 18.8 Å². The lowest BCUT2D eigenvalue weighted by Crippen LogP contribution is -2.15. The van der Waals surface area contributed by atoms with Crippen LogP contribution in [-0.4, -0.2) is 35.2 Å². The molecule has 9 heteroatoms. The van der Waals surface area contributed by atoms with Crippen molar-refractivity contribution in [2.45, 2.75) is 53.8 Å². The lowest BCUT2D eigenvalue weighted by molar-refractivity contribution is -0.116. The van der Waals surface area contributed by atoms with Gasteiger partial charge >= 0.3 is 0 Å². The number of rotatable bonds is 7. The second-order valence-electron chi connectivity index (χ2n) is 6.50. The first-order valence-corrected chi connectivity index (χ1v) is 9.30. The summed E-state index contributed by atoms with van der Waals surface area (Å²) in [6.45, 7) is 9.79. The van der Waals surface area contributed by atoms with Crippen LogP contribution in [-0.2, 0) is 24.4 Å². The van der Waals surface area contributed by atoms with E-state index >= 15 is 0 Å². The maximum absolute atomic E-state index is 12.2. The highest BCUT2D eigenvalue weighted by Crippen LogP contribution is 2.19. The van der Waals surface area contributed by atoms with Crippen LogP contribution in [0, 0.1) is 20.8 Å². The van der Waals surface area contributed by atoms with Crippen LogP contribution in [0.4, 0.5) is 5.69 Å². The number of carbonyl (C=O) groups is 1. The van der Waals surface area contributed by atoms with Crippen LogP contribution in [0.3, 0.4) is 0 Å². The molecule has 1 N–H and O–H groups in total. The van der Waals surface area contributed by atoms with Crippen LogP contribution in [0.25, 0.3) is 0 Å². The van der Waals surface area contributed by atoms with Gasteiger partial charge in [-0.25, -0.2) is 0 Å². The van der Waals surface area contributed by atoms with E-state index in [0.29, 0.717) is 30.2 Å². The largest absolute Gasteiger partial charge is 0.323 e. The molecule has 0 saturated carbocycles. The van der Waals surface area contributed by atoms with Crippen LogP contribution in [0.15, 0.2) is 18.6 Å². The lowest BCUT2D eigenvalue weighted by atomic mass is 10.2. The van der Waals surface area contributed by atoms with Crippen molar-refractivity contribution < 1.29 is 4.79 Å². The topological polar surface area (TPSA) is 82.6 Å². The third kappa shape index (κ3) is 4.21. The Labute approximate surface area is 163 Å². The average molecular weight is 390 g/mol. The third-order valence-corrected chi connectivity index (χ3v) is 5.14. The summed E-state index contributed by atoms with van der Waals surface area (Å²) in [5.74, 6) is -0.0896. The number of aromatic nitrogens is 6. The molecule has 3 rings (SSSR count). The molecule has 0 aromatic carbocycles. The average Bonchev–Trinajstić information content (AvgIpc) is 3.29. The Hall–Kier alpha value is -2.61. The first-order chi connectivity index (χ1) is 12.9. The van der Waals surface area contributed by atoms with Gasteiger partial charge in [0.25, 0.3) is 0 Å². The van der Waals surface area contributed by atoms with E-state index in [1.807, 2.05) is 37.8 Å². The summed E-state index contributed by atoms with van der Waals surface area (Å²) in [6, 6.07) is 0. The third-order valence-electron chi connectivity index (χ3n) is 4.60. The minimum Gasteiger partial charge on any atom is -0.323 e. The van der Waals surface area contributed by atoms with Crippen molar-refractivity contribution in [3.63, 3.8) is 0 Å². The van der Waals surface area contributed by atoms with Gasteiger partial charge in [-0.1, -0.05) is 11.6 Å². The Kier molecular flexibility index (Phi) is 5.65. The van der Waals surface area contributed by atoms with Gasteiger partial charge in [-0.15, -0.1) is 0 Å². The number of hydrogen-bond donors (Lipinski definition) is 1. The molecule has 0 aliphatic carbocycles. The van der Waals surface area contributed by atoms with E-state index < -0.39 is 0 Å². The molecular weight excluding hydrogens is 366 g/mol. The Morgan fingerprint density at radius 1 is 1.15 bits per heavy atom. The molecule has 0 fully saturated rings. The Morgan fingerprint density at radius 2 is 1.93 bits per heavy atom. The second kappa shape index (κ2) is 7.96. The van der Waals surface area contributed by atoms with Gasteiger partial charge < -0.3 is 5.32 Å². The van der Waals surface area contributed by atoms with Crippen LogP contribution in [0.5, 0.6) is 0 Å². The van der Waals surface area contributed by atoms with Crippen molar-refractivity contribution in [1.29, 1.82) is 0 Å². The quantitative estimate of drug-likeness (QED) is 0.673. The van der Waals surface area contributed by atoms with Gasteiger partial charge in [0.1, 0.15) is 0 Å². The van der Waals surface area contributed by atoms with Gasteiger partial charge in [0, 0.05) is 30.4 Å². The molecule has 3 aromatic heterocycles. The van der Waals surface area contributed by atoms with Gasteiger partial charge in [-0.2, -0.15) is 15.3 Å². The fourth-order valence-electron chi connectivity index (χ4n) is 2.97. The maximum Gasteiger partial charge on any atom is 0.226 e. The van der Waals surface area contributed by atoms with Gasteiger partial charge in [0.15, 0.2) is 0 Å². The molecule has 1 amide bonds. The lowest BCUT2D eigenvalue weighted by Gasteiger charge is -2.05. The van der Waals surface area contributed by atoms with Crippen molar-refractivity contribution in [2.24, 2.45) is 0 Å². The molecule has 3 heterocycles. The van der Waals surface area contributed by atoms with Crippen LogP contribution >= 0.6 is 11.6 Å². The van der Waals surface area contributed by atoms with E-state index in [9.17, 15) is 4.79 Å². The monoisotopic (exact) mass is 389 g/mol. The van der Waals surface area contributed by atoms with Crippen LogP contribution in [0.1, 0.15) is 36.0 Å². The normalized spacial score (nSPS) is 11.1. The molecule has 0 bridgehead atoms. The number of anilines is 1. The van der Waals surface area contributed by atoms with Crippen molar-refractivity contribution in [2.75, 3.05) is 5.32 Å². The predicted molar refractivity (Wildman–Crippen MR) is 104 cm³/mol.